The first-order valence-electron chi connectivity index (χ1n) is 5.84. The number of hydrogen-bond donors (Lipinski definition) is 3. The van der Waals surface area contributed by atoms with E-state index >= 15 is 0 Å². The largest absolute Gasteiger partial charge is 0.478 e. The van der Waals surface area contributed by atoms with Gasteiger partial charge in [-0.3, -0.25) is 0 Å². The van der Waals surface area contributed by atoms with Crippen molar-refractivity contribution in [1.29, 1.82) is 0 Å². The van der Waals surface area contributed by atoms with Gasteiger partial charge in [-0.1, -0.05) is 0 Å². The molecule has 0 bridgehead atoms. The van der Waals surface area contributed by atoms with Gasteiger partial charge in [-0.25, -0.2) is 13.6 Å². The third-order valence-corrected chi connectivity index (χ3v) is 3.51. The molecular weight excluding hydrogens is 346 g/mol. The molecule has 21 heavy (non-hydrogen) atoms. The number of aromatic carboxylic acids is 1. The van der Waals surface area contributed by atoms with E-state index in [2.05, 4.69) is 21.2 Å². The molecule has 2 aromatic rings. The van der Waals surface area contributed by atoms with Crippen LogP contribution in [0.25, 0.3) is 0 Å². The van der Waals surface area contributed by atoms with Crippen molar-refractivity contribution >= 4 is 39.0 Å². The second-order valence-corrected chi connectivity index (χ2v) is 5.29. The van der Waals surface area contributed by atoms with Crippen LogP contribution >= 0.6 is 15.9 Å². The normalized spacial score (nSPS) is 10.5. The number of carboxylic acids is 1. The Balaban J connectivity index is 2.47. The van der Waals surface area contributed by atoms with Crippen LogP contribution < -0.4 is 11.1 Å². The third-order valence-electron chi connectivity index (χ3n) is 2.91. The summed E-state index contributed by atoms with van der Waals surface area (Å²) in [7, 11) is 0. The third kappa shape index (κ3) is 3.13. The summed E-state index contributed by atoms with van der Waals surface area (Å²) in [6, 6.07) is 4.75. The minimum atomic E-state index is -1.26. The van der Waals surface area contributed by atoms with Gasteiger partial charge in [-0.05, 0) is 52.7 Å². The first-order valence-corrected chi connectivity index (χ1v) is 6.64. The lowest BCUT2D eigenvalue weighted by molar-refractivity contribution is 0.0698. The van der Waals surface area contributed by atoms with E-state index in [0.717, 1.165) is 12.1 Å². The summed E-state index contributed by atoms with van der Waals surface area (Å²) in [6.07, 6.45) is 0. The van der Waals surface area contributed by atoms with Crippen molar-refractivity contribution in [2.45, 2.75) is 6.92 Å². The quantitative estimate of drug-likeness (QED) is 0.725. The fourth-order valence-electron chi connectivity index (χ4n) is 1.80. The topological polar surface area (TPSA) is 75.3 Å². The van der Waals surface area contributed by atoms with E-state index in [9.17, 15) is 13.6 Å². The monoisotopic (exact) mass is 356 g/mol. The summed E-state index contributed by atoms with van der Waals surface area (Å²) in [5.74, 6) is -2.40. The molecule has 0 aliphatic rings. The number of carbonyl (C=O) groups is 1. The fourth-order valence-corrected chi connectivity index (χ4v) is 2.14. The number of nitrogen functional groups attached to an aromatic ring is 1. The molecule has 7 heteroatoms. The van der Waals surface area contributed by atoms with Crippen LogP contribution in [-0.2, 0) is 0 Å². The Labute approximate surface area is 127 Å². The van der Waals surface area contributed by atoms with Crippen molar-refractivity contribution in [2.75, 3.05) is 11.1 Å². The van der Waals surface area contributed by atoms with Crippen LogP contribution in [0.2, 0.25) is 0 Å². The molecule has 0 atom stereocenters. The van der Waals surface area contributed by atoms with Crippen molar-refractivity contribution < 1.29 is 18.7 Å². The predicted molar refractivity (Wildman–Crippen MR) is 79.9 cm³/mol. The van der Waals surface area contributed by atoms with Crippen LogP contribution in [0.4, 0.5) is 25.8 Å². The van der Waals surface area contributed by atoms with Gasteiger partial charge in [0, 0.05) is 11.4 Å². The van der Waals surface area contributed by atoms with Crippen LogP contribution in [0, 0.1) is 18.6 Å². The Bertz CT molecular complexity index is 735. The number of benzene rings is 2. The molecule has 0 spiro atoms. The highest BCUT2D eigenvalue weighted by molar-refractivity contribution is 9.10. The molecule has 0 fully saturated rings. The average Bonchev–Trinajstić information content (AvgIpc) is 2.38. The molecule has 110 valence electrons. The number of carboxylic acid groups (broad SMARTS) is 1. The molecule has 0 aliphatic heterocycles. The van der Waals surface area contributed by atoms with E-state index in [4.69, 9.17) is 10.8 Å². The lowest BCUT2D eigenvalue weighted by Crippen LogP contribution is -2.06. The van der Waals surface area contributed by atoms with Gasteiger partial charge >= 0.3 is 5.97 Å². The number of halogens is 3. The number of anilines is 3. The SMILES string of the molecule is Cc1cc(F)c(Br)cc1Nc1cc(C(=O)O)c(N)cc1F. The van der Waals surface area contributed by atoms with E-state index in [1.807, 2.05) is 0 Å². The summed E-state index contributed by atoms with van der Waals surface area (Å²) in [5.41, 5.74) is 6.02. The van der Waals surface area contributed by atoms with Gasteiger partial charge in [0.2, 0.25) is 0 Å². The van der Waals surface area contributed by atoms with Crippen molar-refractivity contribution in [3.63, 3.8) is 0 Å². The van der Waals surface area contributed by atoms with Gasteiger partial charge < -0.3 is 16.2 Å². The van der Waals surface area contributed by atoms with E-state index in [1.54, 1.807) is 6.92 Å². The number of rotatable bonds is 3. The van der Waals surface area contributed by atoms with Crippen molar-refractivity contribution in [3.8, 4) is 0 Å². The molecule has 2 rings (SSSR count). The van der Waals surface area contributed by atoms with Crippen LogP contribution in [0.3, 0.4) is 0 Å². The van der Waals surface area contributed by atoms with Gasteiger partial charge in [0.25, 0.3) is 0 Å². The molecule has 0 aromatic heterocycles. The molecule has 4 N–H and O–H groups in total. The Hall–Kier alpha value is -2.15. The van der Waals surface area contributed by atoms with Gasteiger partial charge in [0.15, 0.2) is 0 Å². The summed E-state index contributed by atoms with van der Waals surface area (Å²) in [4.78, 5) is 11.0. The van der Waals surface area contributed by atoms with Crippen molar-refractivity contribution in [2.24, 2.45) is 0 Å². The first-order chi connectivity index (χ1) is 9.79. The maximum absolute atomic E-state index is 13.9. The number of nitrogens with two attached hydrogens (primary N) is 1. The Morgan fingerprint density at radius 1 is 1.19 bits per heavy atom. The van der Waals surface area contributed by atoms with Crippen LogP contribution in [-0.4, -0.2) is 11.1 Å². The number of aryl methyl sites for hydroxylation is 1. The first kappa shape index (κ1) is 15.2. The van der Waals surface area contributed by atoms with Crippen LogP contribution in [0.5, 0.6) is 0 Å². The standard InChI is InChI=1S/C14H11BrF2N2O2/c1-6-2-9(16)8(15)4-12(6)19-13-3-7(14(20)21)11(18)5-10(13)17/h2-5,19H,18H2,1H3,(H,20,21). The summed E-state index contributed by atoms with van der Waals surface area (Å²) < 4.78 is 27.4. The van der Waals surface area contributed by atoms with Crippen molar-refractivity contribution in [3.05, 3.63) is 51.5 Å². The van der Waals surface area contributed by atoms with Gasteiger partial charge in [0.05, 0.1) is 15.7 Å². The molecule has 0 saturated carbocycles. The zero-order valence-corrected chi connectivity index (χ0v) is 12.5. The highest BCUT2D eigenvalue weighted by Crippen LogP contribution is 2.30. The van der Waals surface area contributed by atoms with Crippen LogP contribution in [0.15, 0.2) is 28.7 Å². The number of hydrogen-bond acceptors (Lipinski definition) is 3. The lowest BCUT2D eigenvalue weighted by Gasteiger charge is -2.13. The van der Waals surface area contributed by atoms with Gasteiger partial charge in [0.1, 0.15) is 11.6 Å². The summed E-state index contributed by atoms with van der Waals surface area (Å²) in [5, 5.41) is 11.7. The molecule has 0 radical (unpaired) electrons. The minimum Gasteiger partial charge on any atom is -0.478 e. The lowest BCUT2D eigenvalue weighted by atomic mass is 10.1. The fraction of sp³-hybridized carbons (Fsp3) is 0.0714. The summed E-state index contributed by atoms with van der Waals surface area (Å²) in [6.45, 7) is 1.64. The predicted octanol–water partition coefficient (Wildman–Crippen LogP) is 4.06. The van der Waals surface area contributed by atoms with E-state index < -0.39 is 17.6 Å². The van der Waals surface area contributed by atoms with Gasteiger partial charge in [-0.2, -0.15) is 0 Å². The smallest absolute Gasteiger partial charge is 0.337 e. The zero-order valence-electron chi connectivity index (χ0n) is 10.9. The maximum atomic E-state index is 13.9. The Morgan fingerprint density at radius 2 is 1.86 bits per heavy atom. The van der Waals surface area contributed by atoms with Crippen LogP contribution in [0.1, 0.15) is 15.9 Å². The molecule has 0 heterocycles. The summed E-state index contributed by atoms with van der Waals surface area (Å²) >= 11 is 3.04. The van der Waals surface area contributed by atoms with E-state index in [1.165, 1.54) is 12.1 Å². The average molecular weight is 357 g/mol. The van der Waals surface area contributed by atoms with E-state index in [0.29, 0.717) is 11.3 Å². The highest BCUT2D eigenvalue weighted by atomic mass is 79.9. The van der Waals surface area contributed by atoms with E-state index in [-0.39, 0.29) is 21.4 Å². The molecule has 0 aliphatic carbocycles. The Kier molecular flexibility index (Phi) is 4.13. The maximum Gasteiger partial charge on any atom is 0.337 e. The highest BCUT2D eigenvalue weighted by Gasteiger charge is 2.14. The van der Waals surface area contributed by atoms with Gasteiger partial charge in [-0.15, -0.1) is 0 Å². The second-order valence-electron chi connectivity index (χ2n) is 4.43. The molecular formula is C14H11BrF2N2O2. The molecule has 0 amide bonds. The number of nitrogens with one attached hydrogen (secondary N) is 1. The molecule has 0 saturated heterocycles. The van der Waals surface area contributed by atoms with Crippen molar-refractivity contribution in [1.82, 2.24) is 0 Å². The molecule has 4 nitrogen and oxygen atoms in total. The second kappa shape index (κ2) is 5.69. The molecule has 2 aromatic carbocycles. The zero-order chi connectivity index (χ0) is 15.7. The molecule has 0 unspecified atom stereocenters. The minimum absolute atomic E-state index is 0.0526. The Morgan fingerprint density at radius 3 is 2.48 bits per heavy atom.